The number of nitrogen functional groups attached to an aromatic ring is 1. The van der Waals surface area contributed by atoms with Crippen molar-refractivity contribution in [2.24, 2.45) is 0 Å². The summed E-state index contributed by atoms with van der Waals surface area (Å²) in [6, 6.07) is 10.4. The van der Waals surface area contributed by atoms with Crippen molar-refractivity contribution in [3.05, 3.63) is 53.3 Å². The molecule has 0 unspecified atom stereocenters. The standard InChI is InChI=1S/C36H45N6O11P/c1-2-3-11-28-40-33-34(41(28)22-24-9-4-10-27(35(24)47)53-54(48,49)50)25-21-23(14-15-26(25)39-36(33)37)8-6-19-51-20-7-18-38-29(43)12-5-13-32(46)52-42-30(44)16-17-31(42)45/h4,9-10,14-15,21,47H,2-3,5-8,11-13,16-20,22H2,1H3,(H2,37,39)(H,38,43)(H2,48,49,50). The summed E-state index contributed by atoms with van der Waals surface area (Å²) >= 11 is 0. The number of aromatic hydroxyl groups is 1. The topological polar surface area (TPSA) is 246 Å². The Morgan fingerprint density at radius 2 is 1.74 bits per heavy atom. The van der Waals surface area contributed by atoms with Crippen LogP contribution in [0.3, 0.4) is 0 Å². The number of phosphoric ester groups is 1. The molecular weight excluding hydrogens is 723 g/mol. The van der Waals surface area contributed by atoms with Gasteiger partial charge in [-0.2, -0.15) is 0 Å². The fourth-order valence-electron chi connectivity index (χ4n) is 6.09. The number of amides is 3. The Morgan fingerprint density at radius 1 is 0.981 bits per heavy atom. The van der Waals surface area contributed by atoms with E-state index in [0.29, 0.717) is 60.7 Å². The van der Waals surface area contributed by atoms with Gasteiger partial charge in [-0.25, -0.2) is 19.3 Å². The van der Waals surface area contributed by atoms with Crippen LogP contribution in [-0.2, 0) is 52.7 Å². The summed E-state index contributed by atoms with van der Waals surface area (Å²) in [4.78, 5) is 79.9. The molecule has 5 rings (SSSR count). The summed E-state index contributed by atoms with van der Waals surface area (Å²) in [6.45, 7) is 3.55. The number of carbonyl (C=O) groups is 4. The van der Waals surface area contributed by atoms with Gasteiger partial charge in [-0.05, 0) is 55.9 Å². The number of imide groups is 1. The maximum atomic E-state index is 12.1. The van der Waals surface area contributed by atoms with Crippen molar-refractivity contribution in [1.29, 1.82) is 0 Å². The highest BCUT2D eigenvalue weighted by Gasteiger charge is 2.32. The van der Waals surface area contributed by atoms with Crippen LogP contribution in [0.2, 0.25) is 0 Å². The van der Waals surface area contributed by atoms with Gasteiger partial charge >= 0.3 is 13.8 Å². The minimum absolute atomic E-state index is 0.0202. The largest absolute Gasteiger partial charge is 0.524 e. The van der Waals surface area contributed by atoms with Crippen LogP contribution in [0.15, 0.2) is 36.4 Å². The Labute approximate surface area is 311 Å². The van der Waals surface area contributed by atoms with Crippen molar-refractivity contribution >= 4 is 59.3 Å². The molecule has 18 heteroatoms. The summed E-state index contributed by atoms with van der Waals surface area (Å²) in [5, 5.41) is 15.0. The summed E-state index contributed by atoms with van der Waals surface area (Å²) in [6.07, 6.45) is 4.72. The molecule has 1 aliphatic rings. The number of unbranched alkanes of at least 4 members (excludes halogenated alkanes) is 1. The van der Waals surface area contributed by atoms with Crippen LogP contribution in [0, 0.1) is 0 Å². The molecule has 0 saturated carbocycles. The van der Waals surface area contributed by atoms with Crippen molar-refractivity contribution in [2.45, 2.75) is 84.1 Å². The number of aromatic nitrogens is 3. The quantitative estimate of drug-likeness (QED) is 0.0485. The molecule has 1 saturated heterocycles. The summed E-state index contributed by atoms with van der Waals surface area (Å²) in [5.74, 6) is -1.76. The SMILES string of the molecule is CCCCc1nc2c(N)nc3ccc(CCCOCCCNC(=O)CCCC(=O)ON4C(=O)CCC4=O)cc3c2n1Cc1cccc(OP(=O)(O)O)c1O. The van der Waals surface area contributed by atoms with Crippen LogP contribution in [0.5, 0.6) is 11.5 Å². The Bertz CT molecular complexity index is 2050. The number of ether oxygens (including phenoxy) is 1. The molecule has 17 nitrogen and oxygen atoms in total. The monoisotopic (exact) mass is 768 g/mol. The fourth-order valence-corrected chi connectivity index (χ4v) is 6.50. The predicted molar refractivity (Wildman–Crippen MR) is 196 cm³/mol. The smallest absolute Gasteiger partial charge is 0.504 e. The van der Waals surface area contributed by atoms with Gasteiger partial charge in [0.2, 0.25) is 5.91 Å². The van der Waals surface area contributed by atoms with E-state index >= 15 is 0 Å². The number of phenolic OH excluding ortho intramolecular Hbond substituents is 1. The second kappa shape index (κ2) is 18.3. The maximum absolute atomic E-state index is 12.1. The molecule has 0 spiro atoms. The molecule has 2 aromatic heterocycles. The number of nitrogens with two attached hydrogens (primary N) is 1. The van der Waals surface area contributed by atoms with Crippen molar-refractivity contribution in [1.82, 2.24) is 24.9 Å². The molecule has 290 valence electrons. The molecule has 0 bridgehead atoms. The van der Waals surface area contributed by atoms with Gasteiger partial charge in [0.05, 0.1) is 17.6 Å². The number of para-hydroxylation sites is 1. The van der Waals surface area contributed by atoms with Gasteiger partial charge in [0.25, 0.3) is 11.8 Å². The van der Waals surface area contributed by atoms with Crippen LogP contribution in [0.4, 0.5) is 5.82 Å². The third kappa shape index (κ3) is 10.5. The van der Waals surface area contributed by atoms with Gasteiger partial charge in [-0.15, -0.1) is 5.06 Å². The van der Waals surface area contributed by atoms with E-state index in [2.05, 4.69) is 17.2 Å². The molecule has 0 aliphatic carbocycles. The number of pyridine rings is 1. The number of phenols is 1. The zero-order valence-corrected chi connectivity index (χ0v) is 30.9. The Morgan fingerprint density at radius 3 is 2.48 bits per heavy atom. The minimum Gasteiger partial charge on any atom is -0.504 e. The molecule has 1 fully saturated rings. The third-order valence-electron chi connectivity index (χ3n) is 8.75. The average Bonchev–Trinajstić information content (AvgIpc) is 3.64. The van der Waals surface area contributed by atoms with Crippen molar-refractivity contribution in [3.8, 4) is 11.5 Å². The third-order valence-corrected chi connectivity index (χ3v) is 9.19. The van der Waals surface area contributed by atoms with Crippen molar-refractivity contribution < 1.29 is 52.7 Å². The molecule has 2 aromatic carbocycles. The van der Waals surface area contributed by atoms with Gasteiger partial charge in [0.15, 0.2) is 17.3 Å². The first kappa shape index (κ1) is 40.1. The zero-order valence-electron chi connectivity index (χ0n) is 30.0. The Balaban J connectivity index is 1.14. The normalized spacial score (nSPS) is 13.3. The first-order valence-corrected chi connectivity index (χ1v) is 19.4. The van der Waals surface area contributed by atoms with Gasteiger partial charge in [-0.1, -0.05) is 31.5 Å². The lowest BCUT2D eigenvalue weighted by molar-refractivity contribution is -0.197. The van der Waals surface area contributed by atoms with Crippen molar-refractivity contribution in [2.75, 3.05) is 25.5 Å². The molecule has 6 N–H and O–H groups in total. The molecule has 0 atom stereocenters. The van der Waals surface area contributed by atoms with Gasteiger partial charge in [0.1, 0.15) is 11.3 Å². The van der Waals surface area contributed by atoms with E-state index in [-0.39, 0.29) is 61.9 Å². The van der Waals surface area contributed by atoms with Crippen LogP contribution < -0.4 is 15.6 Å². The number of benzene rings is 2. The summed E-state index contributed by atoms with van der Waals surface area (Å²) in [5.41, 5.74) is 9.75. The van der Waals surface area contributed by atoms with Crippen LogP contribution in [0.1, 0.15) is 81.7 Å². The fraction of sp³-hybridized carbons (Fsp3) is 0.444. The lowest BCUT2D eigenvalue weighted by atomic mass is 10.1. The molecule has 3 amide bonds. The number of fused-ring (bicyclic) bond motifs is 3. The molecular formula is C36H45N6O11P. The molecule has 0 radical (unpaired) electrons. The molecule has 3 heterocycles. The van der Waals surface area contributed by atoms with Gasteiger partial charge < -0.3 is 34.8 Å². The number of hydroxylamine groups is 2. The minimum atomic E-state index is -4.90. The molecule has 1 aliphatic heterocycles. The lowest BCUT2D eigenvalue weighted by Crippen LogP contribution is -2.32. The van der Waals surface area contributed by atoms with E-state index < -0.39 is 25.6 Å². The van der Waals surface area contributed by atoms with E-state index in [1.54, 1.807) is 12.1 Å². The van der Waals surface area contributed by atoms with Crippen LogP contribution in [-0.4, -0.2) is 77.9 Å². The van der Waals surface area contributed by atoms with E-state index in [4.69, 9.17) is 24.8 Å². The second-order valence-corrected chi connectivity index (χ2v) is 14.1. The summed E-state index contributed by atoms with van der Waals surface area (Å²) in [7, 11) is -4.90. The first-order valence-electron chi connectivity index (χ1n) is 17.9. The number of carbonyl (C=O) groups excluding carboxylic acids is 4. The Hall–Kier alpha value is -5.09. The second-order valence-electron chi connectivity index (χ2n) is 12.9. The van der Waals surface area contributed by atoms with Gasteiger partial charge in [0, 0.05) is 62.8 Å². The van der Waals surface area contributed by atoms with Crippen LogP contribution >= 0.6 is 7.82 Å². The van der Waals surface area contributed by atoms with Gasteiger partial charge in [-0.3, -0.25) is 24.2 Å². The number of aryl methyl sites for hydroxylation is 2. The highest BCUT2D eigenvalue weighted by atomic mass is 31.2. The number of rotatable bonds is 20. The van der Waals surface area contributed by atoms with Crippen LogP contribution in [0.25, 0.3) is 21.9 Å². The highest BCUT2D eigenvalue weighted by molar-refractivity contribution is 7.46. The first-order chi connectivity index (χ1) is 25.8. The number of nitrogens with zero attached hydrogens (tertiary/aromatic N) is 4. The van der Waals surface area contributed by atoms with E-state index in [0.717, 1.165) is 41.6 Å². The summed E-state index contributed by atoms with van der Waals surface area (Å²) < 4.78 is 23.9. The van der Waals surface area contributed by atoms with E-state index in [1.165, 1.54) is 6.07 Å². The van der Waals surface area contributed by atoms with E-state index in [9.17, 15) is 38.6 Å². The average molecular weight is 769 g/mol. The number of nitrogens with one attached hydrogen (secondary N) is 1. The highest BCUT2D eigenvalue weighted by Crippen LogP contribution is 2.43. The zero-order chi connectivity index (χ0) is 38.8. The lowest BCUT2D eigenvalue weighted by Gasteiger charge is -2.15. The number of imidazole rings is 1. The number of phosphoric acid groups is 1. The number of hydrogen-bond donors (Lipinski definition) is 5. The Kier molecular flexibility index (Phi) is 13.6. The number of hydrogen-bond acceptors (Lipinski definition) is 12. The van der Waals surface area contributed by atoms with E-state index in [1.807, 2.05) is 22.8 Å². The predicted octanol–water partition coefficient (Wildman–Crippen LogP) is 3.97. The number of anilines is 1. The van der Waals surface area contributed by atoms with Crippen molar-refractivity contribution in [3.63, 3.8) is 0 Å². The molecule has 4 aromatic rings. The molecule has 54 heavy (non-hydrogen) atoms. The maximum Gasteiger partial charge on any atom is 0.524 e.